The first-order valence-electron chi connectivity index (χ1n) is 9.39. The van der Waals surface area contributed by atoms with Gasteiger partial charge in [-0.05, 0) is 62.1 Å². The summed E-state index contributed by atoms with van der Waals surface area (Å²) in [6, 6.07) is 5.29. The number of carbonyl (C=O) groups excluding carboxylic acids is 1. The molecule has 2 aliphatic heterocycles. The zero-order chi connectivity index (χ0) is 16.7. The van der Waals surface area contributed by atoms with Crippen molar-refractivity contribution in [1.29, 1.82) is 0 Å². The van der Waals surface area contributed by atoms with E-state index in [1.807, 2.05) is 0 Å². The lowest BCUT2D eigenvalue weighted by atomic mass is 9.71. The number of carbonyl (C=O) groups is 1. The van der Waals surface area contributed by atoms with E-state index in [2.05, 4.69) is 29.7 Å². The monoisotopic (exact) mass is 328 g/mol. The van der Waals surface area contributed by atoms with Crippen LogP contribution in [0.1, 0.15) is 55.7 Å². The van der Waals surface area contributed by atoms with Gasteiger partial charge in [0.05, 0.1) is 12.5 Å². The lowest BCUT2D eigenvalue weighted by molar-refractivity contribution is -0.132. The molecule has 24 heavy (non-hydrogen) atoms. The number of hydrogen-bond acceptors (Lipinski definition) is 3. The molecule has 0 saturated carbocycles. The quantitative estimate of drug-likeness (QED) is 0.874. The van der Waals surface area contributed by atoms with Gasteiger partial charge < -0.3 is 15.4 Å². The molecule has 3 atom stereocenters. The Hall–Kier alpha value is -1.55. The van der Waals surface area contributed by atoms with Crippen LogP contribution in [0.2, 0.25) is 0 Å². The lowest BCUT2D eigenvalue weighted by Crippen LogP contribution is -2.47. The topological polar surface area (TPSA) is 50.4 Å². The molecule has 1 aromatic carbocycles. The van der Waals surface area contributed by atoms with Crippen molar-refractivity contribution in [2.45, 2.75) is 70.5 Å². The van der Waals surface area contributed by atoms with Crippen molar-refractivity contribution in [2.75, 3.05) is 7.11 Å². The summed E-state index contributed by atoms with van der Waals surface area (Å²) >= 11 is 0. The Morgan fingerprint density at radius 2 is 2.12 bits per heavy atom. The molecule has 4 nitrogen and oxygen atoms in total. The van der Waals surface area contributed by atoms with Crippen molar-refractivity contribution >= 4 is 5.91 Å². The van der Waals surface area contributed by atoms with Gasteiger partial charge in [0.15, 0.2) is 0 Å². The van der Waals surface area contributed by atoms with Gasteiger partial charge in [0.1, 0.15) is 5.75 Å². The summed E-state index contributed by atoms with van der Waals surface area (Å²) in [5, 5.41) is 6.84. The van der Waals surface area contributed by atoms with Gasteiger partial charge in [-0.15, -0.1) is 0 Å². The third kappa shape index (κ3) is 2.43. The van der Waals surface area contributed by atoms with Crippen molar-refractivity contribution < 1.29 is 9.53 Å². The number of hydrogen-bond donors (Lipinski definition) is 2. The molecule has 0 radical (unpaired) electrons. The van der Waals surface area contributed by atoms with Crippen LogP contribution in [0.4, 0.5) is 0 Å². The minimum Gasteiger partial charge on any atom is -0.496 e. The molecule has 2 saturated heterocycles. The second-order valence-electron chi connectivity index (χ2n) is 7.68. The van der Waals surface area contributed by atoms with Crippen LogP contribution in [0.5, 0.6) is 5.75 Å². The Balaban J connectivity index is 1.50. The van der Waals surface area contributed by atoms with Gasteiger partial charge in [-0.25, -0.2) is 0 Å². The molecule has 3 aliphatic rings. The number of fused-ring (bicyclic) bond motifs is 3. The van der Waals surface area contributed by atoms with Crippen molar-refractivity contribution in [3.63, 3.8) is 0 Å². The number of ether oxygens (including phenoxy) is 1. The van der Waals surface area contributed by atoms with Crippen molar-refractivity contribution in [3.8, 4) is 5.75 Å². The third-order valence-electron chi connectivity index (χ3n) is 6.54. The average molecular weight is 328 g/mol. The minimum atomic E-state index is -0.215. The highest BCUT2D eigenvalue weighted by Gasteiger charge is 2.54. The predicted molar refractivity (Wildman–Crippen MR) is 94.2 cm³/mol. The number of aryl methyl sites for hydroxylation is 2. The largest absolute Gasteiger partial charge is 0.496 e. The van der Waals surface area contributed by atoms with E-state index in [0.717, 1.165) is 43.4 Å². The fourth-order valence-corrected chi connectivity index (χ4v) is 5.13. The minimum absolute atomic E-state index is 0.215. The molecule has 2 heterocycles. The van der Waals surface area contributed by atoms with Gasteiger partial charge in [-0.3, -0.25) is 4.79 Å². The van der Waals surface area contributed by atoms with Crippen LogP contribution in [0.15, 0.2) is 12.1 Å². The highest BCUT2D eigenvalue weighted by atomic mass is 16.5. The maximum Gasteiger partial charge on any atom is 0.228 e. The van der Waals surface area contributed by atoms with Crippen LogP contribution in [-0.2, 0) is 24.2 Å². The van der Waals surface area contributed by atoms with Gasteiger partial charge in [0.25, 0.3) is 0 Å². The maximum absolute atomic E-state index is 13.0. The van der Waals surface area contributed by atoms with E-state index in [1.165, 1.54) is 24.0 Å². The Labute approximate surface area is 144 Å². The van der Waals surface area contributed by atoms with Crippen LogP contribution in [0, 0.1) is 5.41 Å². The van der Waals surface area contributed by atoms with E-state index in [4.69, 9.17) is 4.74 Å². The number of amides is 1. The fourth-order valence-electron chi connectivity index (χ4n) is 5.13. The Morgan fingerprint density at radius 3 is 2.75 bits per heavy atom. The van der Waals surface area contributed by atoms with Gasteiger partial charge in [-0.1, -0.05) is 13.0 Å². The normalized spacial score (nSPS) is 30.4. The third-order valence-corrected chi connectivity index (χ3v) is 6.54. The zero-order valence-corrected chi connectivity index (χ0v) is 14.8. The summed E-state index contributed by atoms with van der Waals surface area (Å²) in [6.07, 6.45) is 7.77. The van der Waals surface area contributed by atoms with Crippen LogP contribution >= 0.6 is 0 Å². The van der Waals surface area contributed by atoms with Gasteiger partial charge >= 0.3 is 0 Å². The number of methoxy groups -OCH3 is 1. The summed E-state index contributed by atoms with van der Waals surface area (Å²) < 4.78 is 5.57. The molecule has 0 aromatic heterocycles. The maximum atomic E-state index is 13.0. The molecule has 1 amide bonds. The Bertz CT molecular complexity index is 657. The van der Waals surface area contributed by atoms with Gasteiger partial charge in [-0.2, -0.15) is 0 Å². The smallest absolute Gasteiger partial charge is 0.228 e. The molecule has 2 bridgehead atoms. The average Bonchev–Trinajstić information content (AvgIpc) is 3.33. The van der Waals surface area contributed by atoms with Crippen molar-refractivity contribution in [2.24, 2.45) is 5.41 Å². The number of nitrogens with one attached hydrogen (secondary N) is 2. The Morgan fingerprint density at radius 1 is 1.33 bits per heavy atom. The van der Waals surface area contributed by atoms with Crippen LogP contribution in [0.25, 0.3) is 0 Å². The van der Waals surface area contributed by atoms with Gasteiger partial charge in [0.2, 0.25) is 5.91 Å². The number of rotatable bonds is 5. The molecule has 130 valence electrons. The van der Waals surface area contributed by atoms with E-state index in [1.54, 1.807) is 7.11 Å². The summed E-state index contributed by atoms with van der Waals surface area (Å²) in [4.78, 5) is 13.0. The Kier molecular flexibility index (Phi) is 4.03. The second-order valence-corrected chi connectivity index (χ2v) is 7.68. The molecule has 4 heteroatoms. The van der Waals surface area contributed by atoms with E-state index in [0.29, 0.717) is 18.6 Å². The summed E-state index contributed by atoms with van der Waals surface area (Å²) in [6.45, 7) is 2.71. The first kappa shape index (κ1) is 15.9. The van der Waals surface area contributed by atoms with E-state index in [9.17, 15) is 4.79 Å². The first-order valence-corrected chi connectivity index (χ1v) is 9.39. The molecule has 1 aromatic rings. The fraction of sp³-hybridized carbons (Fsp3) is 0.650. The lowest BCUT2D eigenvalue weighted by Gasteiger charge is -2.34. The van der Waals surface area contributed by atoms with E-state index < -0.39 is 0 Å². The molecule has 2 fully saturated rings. The van der Waals surface area contributed by atoms with Crippen molar-refractivity contribution in [3.05, 3.63) is 28.8 Å². The zero-order valence-electron chi connectivity index (χ0n) is 14.8. The summed E-state index contributed by atoms with van der Waals surface area (Å²) in [5.74, 6) is 1.12. The van der Waals surface area contributed by atoms with E-state index >= 15 is 0 Å². The molecule has 0 unspecified atom stereocenters. The SMILES string of the molecule is CC[C@@]1(C(=O)NCc2cc3c(cc2OC)CCC3)C[C@@H]2CC[C@H]1N2. The summed E-state index contributed by atoms with van der Waals surface area (Å²) in [7, 11) is 1.72. The highest BCUT2D eigenvalue weighted by Crippen LogP contribution is 2.46. The molecular weight excluding hydrogens is 300 g/mol. The van der Waals surface area contributed by atoms with Crippen LogP contribution in [-0.4, -0.2) is 25.1 Å². The standard InChI is InChI=1S/C20H28N2O2/c1-3-20(11-16-7-8-18(20)22-16)19(23)21-12-15-9-13-5-4-6-14(13)10-17(15)24-2/h9-10,16,18,22H,3-8,11-12H2,1-2H3,(H,21,23)/t16-,18+,20+/m0/s1. The molecule has 4 rings (SSSR count). The van der Waals surface area contributed by atoms with Crippen LogP contribution in [0.3, 0.4) is 0 Å². The van der Waals surface area contributed by atoms with Gasteiger partial charge in [0, 0.05) is 24.2 Å². The second kappa shape index (κ2) is 6.07. The molecular formula is C20H28N2O2. The summed E-state index contributed by atoms with van der Waals surface area (Å²) in [5.41, 5.74) is 3.72. The molecule has 2 N–H and O–H groups in total. The predicted octanol–water partition coefficient (Wildman–Crippen LogP) is 2.72. The molecule has 1 aliphatic carbocycles. The van der Waals surface area contributed by atoms with E-state index in [-0.39, 0.29) is 11.3 Å². The first-order chi connectivity index (χ1) is 11.7. The highest BCUT2D eigenvalue weighted by molar-refractivity contribution is 5.84. The molecule has 0 spiro atoms. The number of benzene rings is 1. The van der Waals surface area contributed by atoms with Crippen molar-refractivity contribution in [1.82, 2.24) is 10.6 Å². The van der Waals surface area contributed by atoms with Crippen LogP contribution < -0.4 is 15.4 Å².